The molecule has 5 nitrogen and oxygen atoms in total. The van der Waals surface area contributed by atoms with Gasteiger partial charge in [-0.15, -0.1) is 11.8 Å². The molecule has 1 aromatic heterocycles. The van der Waals surface area contributed by atoms with Gasteiger partial charge in [0.05, 0.1) is 5.75 Å². The lowest BCUT2D eigenvalue weighted by Crippen LogP contribution is -2.22. The summed E-state index contributed by atoms with van der Waals surface area (Å²) in [6, 6.07) is 11.1. The quantitative estimate of drug-likeness (QED) is 0.885. The van der Waals surface area contributed by atoms with Gasteiger partial charge in [-0.05, 0) is 42.0 Å². The zero-order chi connectivity index (χ0) is 16.7. The van der Waals surface area contributed by atoms with E-state index in [4.69, 9.17) is 0 Å². The van der Waals surface area contributed by atoms with Crippen molar-refractivity contribution in [2.75, 3.05) is 23.0 Å². The van der Waals surface area contributed by atoms with Crippen LogP contribution in [0.15, 0.2) is 48.8 Å². The van der Waals surface area contributed by atoms with Gasteiger partial charge in [0.25, 0.3) is 0 Å². The fourth-order valence-electron chi connectivity index (χ4n) is 1.89. The molecule has 0 unspecified atom stereocenters. The SMILES string of the molecule is CC(=O)N(C)c1ccc(NC(=O)CSCc2ccncc2)cc1. The van der Waals surface area contributed by atoms with E-state index in [9.17, 15) is 9.59 Å². The van der Waals surface area contributed by atoms with Gasteiger partial charge in [0.15, 0.2) is 0 Å². The Morgan fingerprint density at radius 1 is 1.13 bits per heavy atom. The molecule has 0 aliphatic heterocycles. The molecule has 2 aromatic rings. The normalized spacial score (nSPS) is 10.2. The number of aromatic nitrogens is 1. The van der Waals surface area contributed by atoms with E-state index in [0.717, 1.165) is 22.7 Å². The van der Waals surface area contributed by atoms with Gasteiger partial charge in [-0.2, -0.15) is 0 Å². The Balaban J connectivity index is 1.80. The number of hydrogen-bond donors (Lipinski definition) is 1. The van der Waals surface area contributed by atoms with Crippen LogP contribution in [0.2, 0.25) is 0 Å². The van der Waals surface area contributed by atoms with E-state index < -0.39 is 0 Å². The summed E-state index contributed by atoms with van der Waals surface area (Å²) in [5.41, 5.74) is 2.66. The first-order valence-corrected chi connectivity index (χ1v) is 8.32. The van der Waals surface area contributed by atoms with Gasteiger partial charge >= 0.3 is 0 Å². The Morgan fingerprint density at radius 3 is 2.39 bits per heavy atom. The standard InChI is InChI=1S/C17H19N3O2S/c1-13(21)20(2)16-5-3-15(4-6-16)19-17(22)12-23-11-14-7-9-18-10-8-14/h3-10H,11-12H2,1-2H3,(H,19,22). The molecule has 23 heavy (non-hydrogen) atoms. The third-order valence-electron chi connectivity index (χ3n) is 3.26. The number of nitrogens with zero attached hydrogens (tertiary/aromatic N) is 2. The lowest BCUT2D eigenvalue weighted by atomic mass is 10.2. The Bertz CT molecular complexity index is 659. The molecular formula is C17H19N3O2S. The highest BCUT2D eigenvalue weighted by molar-refractivity contribution is 7.99. The highest BCUT2D eigenvalue weighted by atomic mass is 32.2. The third-order valence-corrected chi connectivity index (χ3v) is 4.27. The van der Waals surface area contributed by atoms with Crippen LogP contribution in [0.5, 0.6) is 0 Å². The van der Waals surface area contributed by atoms with Gasteiger partial charge in [0, 0.05) is 43.5 Å². The molecule has 1 N–H and O–H groups in total. The maximum Gasteiger partial charge on any atom is 0.234 e. The van der Waals surface area contributed by atoms with Crippen LogP contribution >= 0.6 is 11.8 Å². The second-order valence-corrected chi connectivity index (χ2v) is 6.01. The summed E-state index contributed by atoms with van der Waals surface area (Å²) in [7, 11) is 1.71. The molecule has 0 saturated heterocycles. The number of thioether (sulfide) groups is 1. The van der Waals surface area contributed by atoms with Crippen molar-refractivity contribution in [3.8, 4) is 0 Å². The van der Waals surface area contributed by atoms with E-state index in [1.165, 1.54) is 6.92 Å². The maximum absolute atomic E-state index is 11.9. The molecule has 0 spiro atoms. The Morgan fingerprint density at radius 2 is 1.78 bits per heavy atom. The molecule has 0 aliphatic carbocycles. The van der Waals surface area contributed by atoms with Gasteiger partial charge in [0.2, 0.25) is 11.8 Å². The number of anilines is 2. The third kappa shape index (κ3) is 5.41. The molecule has 120 valence electrons. The van der Waals surface area contributed by atoms with E-state index in [0.29, 0.717) is 5.75 Å². The minimum absolute atomic E-state index is 0.0331. The van der Waals surface area contributed by atoms with Gasteiger partial charge in [-0.1, -0.05) is 0 Å². The predicted molar refractivity (Wildman–Crippen MR) is 94.6 cm³/mol. The number of nitrogens with one attached hydrogen (secondary N) is 1. The van der Waals surface area contributed by atoms with Crippen molar-refractivity contribution >= 4 is 35.0 Å². The van der Waals surface area contributed by atoms with Crippen LogP contribution in [-0.2, 0) is 15.3 Å². The van der Waals surface area contributed by atoms with Crippen molar-refractivity contribution in [3.05, 3.63) is 54.4 Å². The first-order chi connectivity index (χ1) is 11.1. The number of rotatable bonds is 6. The minimum atomic E-state index is -0.0447. The van der Waals surface area contributed by atoms with Crippen LogP contribution in [0.1, 0.15) is 12.5 Å². The van der Waals surface area contributed by atoms with Crippen molar-refractivity contribution < 1.29 is 9.59 Å². The zero-order valence-electron chi connectivity index (χ0n) is 13.2. The second kappa shape index (κ2) is 8.33. The molecule has 1 aromatic carbocycles. The topological polar surface area (TPSA) is 62.3 Å². The highest BCUT2D eigenvalue weighted by Gasteiger charge is 2.06. The molecule has 0 aliphatic rings. The molecule has 0 saturated carbocycles. The van der Waals surface area contributed by atoms with Crippen LogP contribution in [0.4, 0.5) is 11.4 Å². The summed E-state index contributed by atoms with van der Waals surface area (Å²) in [5, 5.41) is 2.85. The number of amides is 2. The van der Waals surface area contributed by atoms with Gasteiger partial charge in [-0.25, -0.2) is 0 Å². The Hall–Kier alpha value is -2.34. The first kappa shape index (κ1) is 17.0. The maximum atomic E-state index is 11.9. The summed E-state index contributed by atoms with van der Waals surface area (Å²) in [6.45, 7) is 1.51. The van der Waals surface area contributed by atoms with E-state index in [1.54, 1.807) is 60.4 Å². The average molecular weight is 329 g/mol. The van der Waals surface area contributed by atoms with Crippen LogP contribution in [-0.4, -0.2) is 29.6 Å². The van der Waals surface area contributed by atoms with Gasteiger partial charge < -0.3 is 10.2 Å². The fraction of sp³-hybridized carbons (Fsp3) is 0.235. The molecule has 2 amide bonds. The Kier molecular flexibility index (Phi) is 6.17. The lowest BCUT2D eigenvalue weighted by Gasteiger charge is -2.15. The van der Waals surface area contributed by atoms with E-state index in [2.05, 4.69) is 10.3 Å². The van der Waals surface area contributed by atoms with Crippen LogP contribution in [0.3, 0.4) is 0 Å². The summed E-state index contributed by atoms with van der Waals surface area (Å²) in [4.78, 5) is 28.7. The van der Waals surface area contributed by atoms with Crippen molar-refractivity contribution in [1.29, 1.82) is 0 Å². The van der Waals surface area contributed by atoms with E-state index >= 15 is 0 Å². The molecule has 0 bridgehead atoms. The van der Waals surface area contributed by atoms with E-state index in [1.807, 2.05) is 12.1 Å². The van der Waals surface area contributed by atoms with Crippen LogP contribution in [0.25, 0.3) is 0 Å². The zero-order valence-corrected chi connectivity index (χ0v) is 14.0. The van der Waals surface area contributed by atoms with Crippen molar-refractivity contribution in [2.24, 2.45) is 0 Å². The Labute approximate surface area is 140 Å². The summed E-state index contributed by atoms with van der Waals surface area (Å²) >= 11 is 1.55. The van der Waals surface area contributed by atoms with Crippen LogP contribution < -0.4 is 10.2 Å². The minimum Gasteiger partial charge on any atom is -0.325 e. The van der Waals surface area contributed by atoms with Crippen molar-refractivity contribution in [1.82, 2.24) is 4.98 Å². The number of carbonyl (C=O) groups is 2. The van der Waals surface area contributed by atoms with Crippen molar-refractivity contribution in [2.45, 2.75) is 12.7 Å². The lowest BCUT2D eigenvalue weighted by molar-refractivity contribution is -0.116. The summed E-state index contributed by atoms with van der Waals surface area (Å²) in [6.07, 6.45) is 3.49. The molecule has 2 rings (SSSR count). The van der Waals surface area contributed by atoms with Crippen LogP contribution in [0, 0.1) is 0 Å². The number of carbonyl (C=O) groups excluding carboxylic acids is 2. The molecule has 0 fully saturated rings. The predicted octanol–water partition coefficient (Wildman–Crippen LogP) is 2.94. The van der Waals surface area contributed by atoms with Gasteiger partial charge in [0.1, 0.15) is 0 Å². The second-order valence-electron chi connectivity index (χ2n) is 5.02. The largest absolute Gasteiger partial charge is 0.325 e. The first-order valence-electron chi connectivity index (χ1n) is 7.17. The van der Waals surface area contributed by atoms with Gasteiger partial charge in [-0.3, -0.25) is 14.6 Å². The smallest absolute Gasteiger partial charge is 0.234 e. The summed E-state index contributed by atoms with van der Waals surface area (Å²) < 4.78 is 0. The summed E-state index contributed by atoms with van der Waals surface area (Å²) in [5.74, 6) is 1.08. The molecule has 0 radical (unpaired) electrons. The number of benzene rings is 1. The molecule has 6 heteroatoms. The average Bonchev–Trinajstić information content (AvgIpc) is 2.56. The number of hydrogen-bond acceptors (Lipinski definition) is 4. The van der Waals surface area contributed by atoms with E-state index in [-0.39, 0.29) is 11.8 Å². The fourth-order valence-corrected chi connectivity index (χ4v) is 2.68. The molecular weight excluding hydrogens is 310 g/mol. The van der Waals surface area contributed by atoms with Crippen molar-refractivity contribution in [3.63, 3.8) is 0 Å². The monoisotopic (exact) mass is 329 g/mol. The number of pyridine rings is 1. The highest BCUT2D eigenvalue weighted by Crippen LogP contribution is 2.17. The molecule has 0 atom stereocenters. The molecule has 1 heterocycles.